The zero-order valence-electron chi connectivity index (χ0n) is 21.7. The fourth-order valence-electron chi connectivity index (χ4n) is 3.60. The predicted molar refractivity (Wildman–Crippen MR) is 143 cm³/mol. The van der Waals surface area contributed by atoms with E-state index in [0.29, 0.717) is 48.5 Å². The average Bonchev–Trinajstić information content (AvgIpc) is 2.89. The molecule has 0 aliphatic heterocycles. The molecule has 8 heteroatoms. The highest BCUT2D eigenvalue weighted by Gasteiger charge is 2.28. The van der Waals surface area contributed by atoms with E-state index >= 15 is 0 Å². The molecule has 0 atom stereocenters. The summed E-state index contributed by atoms with van der Waals surface area (Å²) >= 11 is 6.33. The van der Waals surface area contributed by atoms with Gasteiger partial charge in [-0.15, -0.1) is 0 Å². The molecule has 0 saturated heterocycles. The quantitative estimate of drug-likeness (QED) is 0.176. The monoisotopic (exact) mass is 528 g/mol. The SMILES string of the molecule is CCCOc1c(OCCC)c(OC(=O)Cc2ccc(OCC)cc2)c2cc(Cl)ccc2c1OC(=O)CC. The Morgan fingerprint density at radius 3 is 1.86 bits per heavy atom. The molecule has 0 amide bonds. The second kappa shape index (κ2) is 13.7. The van der Waals surface area contributed by atoms with Crippen LogP contribution in [0.25, 0.3) is 10.8 Å². The number of hydrogen-bond donors (Lipinski definition) is 0. The number of benzene rings is 3. The molecule has 3 aromatic carbocycles. The third-order valence-corrected chi connectivity index (χ3v) is 5.53. The van der Waals surface area contributed by atoms with E-state index in [4.69, 9.17) is 35.3 Å². The van der Waals surface area contributed by atoms with E-state index < -0.39 is 11.9 Å². The number of carbonyl (C=O) groups excluding carboxylic acids is 2. The van der Waals surface area contributed by atoms with Crippen molar-refractivity contribution in [3.05, 3.63) is 53.1 Å². The first-order valence-electron chi connectivity index (χ1n) is 12.6. The van der Waals surface area contributed by atoms with Crippen molar-refractivity contribution in [2.45, 2.75) is 53.4 Å². The maximum atomic E-state index is 13.1. The fourth-order valence-corrected chi connectivity index (χ4v) is 3.77. The highest BCUT2D eigenvalue weighted by Crippen LogP contribution is 2.52. The molecule has 0 fully saturated rings. The van der Waals surface area contributed by atoms with E-state index in [-0.39, 0.29) is 35.8 Å². The summed E-state index contributed by atoms with van der Waals surface area (Å²) < 4.78 is 29.2. The molecule has 3 aromatic rings. The van der Waals surface area contributed by atoms with Gasteiger partial charge >= 0.3 is 11.9 Å². The lowest BCUT2D eigenvalue weighted by molar-refractivity contribution is -0.135. The van der Waals surface area contributed by atoms with Crippen molar-refractivity contribution in [3.8, 4) is 28.7 Å². The van der Waals surface area contributed by atoms with Crippen LogP contribution >= 0.6 is 11.6 Å². The smallest absolute Gasteiger partial charge is 0.315 e. The van der Waals surface area contributed by atoms with Gasteiger partial charge in [-0.25, -0.2) is 0 Å². The number of ether oxygens (including phenoxy) is 5. The summed E-state index contributed by atoms with van der Waals surface area (Å²) in [4.78, 5) is 25.4. The molecule has 0 heterocycles. The molecule has 0 aliphatic carbocycles. The summed E-state index contributed by atoms with van der Waals surface area (Å²) in [7, 11) is 0. The van der Waals surface area contributed by atoms with Crippen LogP contribution in [0, 0.1) is 0 Å². The molecule has 3 rings (SSSR count). The minimum Gasteiger partial charge on any atom is -0.494 e. The average molecular weight is 529 g/mol. The lowest BCUT2D eigenvalue weighted by Gasteiger charge is -2.21. The number of esters is 2. The van der Waals surface area contributed by atoms with Crippen molar-refractivity contribution in [1.82, 2.24) is 0 Å². The molecule has 0 N–H and O–H groups in total. The van der Waals surface area contributed by atoms with Gasteiger partial charge in [-0.2, -0.15) is 0 Å². The minimum atomic E-state index is -0.494. The maximum Gasteiger partial charge on any atom is 0.315 e. The molecule has 198 valence electrons. The van der Waals surface area contributed by atoms with E-state index in [1.54, 1.807) is 25.1 Å². The molecule has 0 aromatic heterocycles. The first-order valence-corrected chi connectivity index (χ1v) is 13.0. The van der Waals surface area contributed by atoms with Crippen molar-refractivity contribution < 1.29 is 33.3 Å². The van der Waals surface area contributed by atoms with Gasteiger partial charge in [-0.05, 0) is 55.7 Å². The first-order chi connectivity index (χ1) is 17.9. The van der Waals surface area contributed by atoms with Gasteiger partial charge in [-0.1, -0.05) is 44.5 Å². The summed E-state index contributed by atoms with van der Waals surface area (Å²) in [6.45, 7) is 8.77. The van der Waals surface area contributed by atoms with E-state index in [1.165, 1.54) is 0 Å². The lowest BCUT2D eigenvalue weighted by atomic mass is 10.1. The molecule has 0 radical (unpaired) electrons. The Bertz CT molecular complexity index is 1220. The Morgan fingerprint density at radius 2 is 1.30 bits per heavy atom. The highest BCUT2D eigenvalue weighted by molar-refractivity contribution is 6.31. The largest absolute Gasteiger partial charge is 0.494 e. The number of hydrogen-bond acceptors (Lipinski definition) is 7. The summed E-state index contributed by atoms with van der Waals surface area (Å²) in [5.74, 6) is 0.602. The third-order valence-electron chi connectivity index (χ3n) is 5.29. The van der Waals surface area contributed by atoms with Crippen molar-refractivity contribution in [2.24, 2.45) is 0 Å². The number of fused-ring (bicyclic) bond motifs is 1. The number of rotatable bonds is 13. The van der Waals surface area contributed by atoms with Crippen molar-refractivity contribution in [1.29, 1.82) is 0 Å². The van der Waals surface area contributed by atoms with Crippen LogP contribution < -0.4 is 23.7 Å². The highest BCUT2D eigenvalue weighted by atomic mass is 35.5. The summed E-state index contributed by atoms with van der Waals surface area (Å²) in [6.07, 6.45) is 1.61. The summed E-state index contributed by atoms with van der Waals surface area (Å²) in [5.41, 5.74) is 0.766. The van der Waals surface area contributed by atoms with Gasteiger partial charge in [0, 0.05) is 22.2 Å². The Labute approximate surface area is 222 Å². The van der Waals surface area contributed by atoms with Gasteiger partial charge in [0.1, 0.15) is 5.75 Å². The fraction of sp³-hybridized carbons (Fsp3) is 0.379. The Balaban J connectivity index is 2.11. The first kappa shape index (κ1) is 28.1. The molecule has 0 aliphatic rings. The van der Waals surface area contributed by atoms with Gasteiger partial charge in [0.15, 0.2) is 11.5 Å². The second-order valence-corrected chi connectivity index (χ2v) is 8.70. The van der Waals surface area contributed by atoms with E-state index in [0.717, 1.165) is 11.3 Å². The van der Waals surface area contributed by atoms with Gasteiger partial charge in [0.2, 0.25) is 11.5 Å². The number of halogens is 1. The zero-order chi connectivity index (χ0) is 26.8. The molecule has 0 saturated carbocycles. The molecular weight excluding hydrogens is 496 g/mol. The maximum absolute atomic E-state index is 13.1. The Hall–Kier alpha value is -3.45. The van der Waals surface area contributed by atoms with Gasteiger partial charge in [-0.3, -0.25) is 9.59 Å². The standard InChI is InChI=1S/C29H33ClO7/c1-5-15-34-28-26(36-24(31)7-3)22-14-11-20(30)18-23(22)27(29(28)35-16-6-2)37-25(32)17-19-9-12-21(13-10-19)33-8-4/h9-14,18H,5-8,15-17H2,1-4H3. The molecular formula is C29H33ClO7. The molecule has 7 nitrogen and oxygen atoms in total. The third kappa shape index (κ3) is 7.29. The molecule has 0 bridgehead atoms. The van der Waals surface area contributed by atoms with Crippen LogP contribution in [0.4, 0.5) is 0 Å². The van der Waals surface area contributed by atoms with E-state index in [2.05, 4.69) is 0 Å². The van der Waals surface area contributed by atoms with Crippen LogP contribution in [0.2, 0.25) is 5.02 Å². The Morgan fingerprint density at radius 1 is 0.703 bits per heavy atom. The normalized spacial score (nSPS) is 10.7. The molecule has 0 spiro atoms. The van der Waals surface area contributed by atoms with E-state index in [1.807, 2.05) is 45.0 Å². The van der Waals surface area contributed by atoms with Crippen LogP contribution in [0.5, 0.6) is 28.7 Å². The molecule has 37 heavy (non-hydrogen) atoms. The van der Waals surface area contributed by atoms with Gasteiger partial charge < -0.3 is 23.7 Å². The van der Waals surface area contributed by atoms with Crippen LogP contribution in [0.1, 0.15) is 52.5 Å². The lowest BCUT2D eigenvalue weighted by Crippen LogP contribution is -2.15. The van der Waals surface area contributed by atoms with Crippen LogP contribution in [0.3, 0.4) is 0 Å². The predicted octanol–water partition coefficient (Wildman–Crippen LogP) is 6.93. The van der Waals surface area contributed by atoms with Crippen LogP contribution in [-0.4, -0.2) is 31.8 Å². The summed E-state index contributed by atoms with van der Waals surface area (Å²) in [5, 5.41) is 1.42. The summed E-state index contributed by atoms with van der Waals surface area (Å²) in [6, 6.07) is 12.3. The van der Waals surface area contributed by atoms with Crippen LogP contribution in [0.15, 0.2) is 42.5 Å². The van der Waals surface area contributed by atoms with Crippen molar-refractivity contribution in [3.63, 3.8) is 0 Å². The van der Waals surface area contributed by atoms with E-state index in [9.17, 15) is 9.59 Å². The number of carbonyl (C=O) groups is 2. The van der Waals surface area contributed by atoms with Gasteiger partial charge in [0.05, 0.1) is 26.2 Å². The van der Waals surface area contributed by atoms with Crippen LogP contribution in [-0.2, 0) is 16.0 Å². The van der Waals surface area contributed by atoms with Gasteiger partial charge in [0.25, 0.3) is 0 Å². The minimum absolute atomic E-state index is 0.0272. The van der Waals surface area contributed by atoms with Crippen molar-refractivity contribution in [2.75, 3.05) is 19.8 Å². The second-order valence-electron chi connectivity index (χ2n) is 8.26. The van der Waals surface area contributed by atoms with Crippen molar-refractivity contribution >= 4 is 34.3 Å². The topological polar surface area (TPSA) is 80.3 Å². The zero-order valence-corrected chi connectivity index (χ0v) is 22.5. The molecule has 0 unspecified atom stereocenters. The Kier molecular flexibility index (Phi) is 10.4.